The van der Waals surface area contributed by atoms with Crippen LogP contribution in [0.2, 0.25) is 0 Å². The molecule has 2 aromatic carbocycles. The van der Waals surface area contributed by atoms with E-state index in [1.165, 1.54) is 17.7 Å². The van der Waals surface area contributed by atoms with Gasteiger partial charge in [-0.1, -0.05) is 61.0 Å². The Hall–Kier alpha value is -2.17. The van der Waals surface area contributed by atoms with Crippen molar-refractivity contribution in [2.24, 2.45) is 0 Å². The number of rotatable bonds is 3. The molecule has 1 aliphatic rings. The molecule has 1 aliphatic carbocycles. The second kappa shape index (κ2) is 5.72. The Bertz CT molecular complexity index is 782. The van der Waals surface area contributed by atoms with Gasteiger partial charge >= 0.3 is 12.1 Å². The molecular formula is C19H15F5. The first kappa shape index (κ1) is 16.7. The van der Waals surface area contributed by atoms with Gasteiger partial charge in [0.05, 0.1) is 0 Å². The maximum Gasteiger partial charge on any atom is 0.458 e. The lowest BCUT2D eigenvalue weighted by Crippen LogP contribution is -2.33. The third-order valence-corrected chi connectivity index (χ3v) is 4.33. The van der Waals surface area contributed by atoms with Crippen LogP contribution in [-0.4, -0.2) is 6.18 Å². The predicted molar refractivity (Wildman–Crippen MR) is 83.8 cm³/mol. The van der Waals surface area contributed by atoms with Crippen molar-refractivity contribution in [3.8, 4) is 11.1 Å². The van der Waals surface area contributed by atoms with Crippen LogP contribution in [0.5, 0.6) is 0 Å². The van der Waals surface area contributed by atoms with Crippen LogP contribution in [0, 0.1) is 0 Å². The molecule has 0 saturated heterocycles. The molecule has 24 heavy (non-hydrogen) atoms. The standard InChI is InChI=1S/C19H15F5/c1-2-12-10-14-4-3-5-16(17(14)11-12)13-6-8-15(9-7-13)18(20,21)19(22,23)24/h3-9,11H,2,10H2,1H3. The fourth-order valence-corrected chi connectivity index (χ4v) is 2.94. The van der Waals surface area contributed by atoms with E-state index in [2.05, 4.69) is 13.0 Å². The molecule has 0 aromatic heterocycles. The van der Waals surface area contributed by atoms with Gasteiger partial charge in [0.15, 0.2) is 0 Å². The number of benzene rings is 2. The molecule has 126 valence electrons. The number of hydrogen-bond acceptors (Lipinski definition) is 0. The monoisotopic (exact) mass is 338 g/mol. The van der Waals surface area contributed by atoms with Crippen LogP contribution < -0.4 is 0 Å². The first-order chi connectivity index (χ1) is 11.2. The van der Waals surface area contributed by atoms with Crippen molar-refractivity contribution in [1.29, 1.82) is 0 Å². The van der Waals surface area contributed by atoms with Crippen molar-refractivity contribution >= 4 is 6.08 Å². The van der Waals surface area contributed by atoms with Crippen molar-refractivity contribution in [2.75, 3.05) is 0 Å². The van der Waals surface area contributed by atoms with Gasteiger partial charge in [0.25, 0.3) is 0 Å². The average molecular weight is 338 g/mol. The summed E-state index contributed by atoms with van der Waals surface area (Å²) in [6.07, 6.45) is -1.75. The third-order valence-electron chi connectivity index (χ3n) is 4.33. The minimum absolute atomic E-state index is 0.627. The Balaban J connectivity index is 2.00. The van der Waals surface area contributed by atoms with Crippen molar-refractivity contribution in [3.05, 3.63) is 64.7 Å². The minimum atomic E-state index is -5.60. The van der Waals surface area contributed by atoms with Gasteiger partial charge in [-0.15, -0.1) is 0 Å². The Morgan fingerprint density at radius 3 is 2.17 bits per heavy atom. The van der Waals surface area contributed by atoms with Crippen LogP contribution in [0.1, 0.15) is 30.0 Å². The molecule has 2 aromatic rings. The summed E-state index contributed by atoms with van der Waals surface area (Å²) in [5.74, 6) is -4.85. The highest BCUT2D eigenvalue weighted by atomic mass is 19.4. The molecule has 0 nitrogen and oxygen atoms in total. The molecule has 0 radical (unpaired) electrons. The van der Waals surface area contributed by atoms with Gasteiger partial charge in [0.2, 0.25) is 0 Å². The summed E-state index contributed by atoms with van der Waals surface area (Å²) >= 11 is 0. The molecule has 3 rings (SSSR count). The maximum atomic E-state index is 13.4. The summed E-state index contributed by atoms with van der Waals surface area (Å²) in [5.41, 5.74) is 3.87. The largest absolute Gasteiger partial charge is 0.458 e. The highest BCUT2D eigenvalue weighted by Gasteiger charge is 2.58. The van der Waals surface area contributed by atoms with E-state index in [4.69, 9.17) is 0 Å². The third kappa shape index (κ3) is 2.72. The van der Waals surface area contributed by atoms with Crippen molar-refractivity contribution in [2.45, 2.75) is 31.9 Å². The van der Waals surface area contributed by atoms with E-state index in [0.717, 1.165) is 41.7 Å². The lowest BCUT2D eigenvalue weighted by Gasteiger charge is -2.20. The van der Waals surface area contributed by atoms with Crippen molar-refractivity contribution < 1.29 is 22.0 Å². The van der Waals surface area contributed by atoms with Crippen LogP contribution in [0.25, 0.3) is 17.2 Å². The topological polar surface area (TPSA) is 0 Å². The van der Waals surface area contributed by atoms with Gasteiger partial charge in [-0.3, -0.25) is 0 Å². The molecule has 0 N–H and O–H groups in total. The summed E-state index contributed by atoms with van der Waals surface area (Å²) < 4.78 is 64.1. The smallest absolute Gasteiger partial charge is 0.191 e. The Morgan fingerprint density at radius 1 is 0.917 bits per heavy atom. The first-order valence-electron chi connectivity index (χ1n) is 7.61. The lowest BCUT2D eigenvalue weighted by atomic mass is 9.95. The summed E-state index contributed by atoms with van der Waals surface area (Å²) in [6, 6.07) is 10.1. The van der Waals surface area contributed by atoms with E-state index in [0.29, 0.717) is 5.56 Å². The summed E-state index contributed by atoms with van der Waals surface area (Å²) in [5, 5.41) is 0. The number of fused-ring (bicyclic) bond motifs is 1. The molecule has 0 saturated carbocycles. The zero-order chi connectivity index (χ0) is 17.5. The van der Waals surface area contributed by atoms with Crippen LogP contribution >= 0.6 is 0 Å². The molecule has 0 unspecified atom stereocenters. The molecule has 0 heterocycles. The summed E-state index contributed by atoms with van der Waals surface area (Å²) in [4.78, 5) is 0. The normalized spacial score (nSPS) is 14.5. The van der Waals surface area contributed by atoms with Crippen LogP contribution in [0.4, 0.5) is 22.0 Å². The molecule has 0 bridgehead atoms. The molecule has 0 spiro atoms. The van der Waals surface area contributed by atoms with Crippen LogP contribution in [-0.2, 0) is 12.3 Å². The maximum absolute atomic E-state index is 13.4. The Kier molecular flexibility index (Phi) is 3.98. The van der Waals surface area contributed by atoms with E-state index in [1.807, 2.05) is 18.2 Å². The lowest BCUT2D eigenvalue weighted by molar-refractivity contribution is -0.289. The van der Waals surface area contributed by atoms with E-state index >= 15 is 0 Å². The van der Waals surface area contributed by atoms with Crippen molar-refractivity contribution in [3.63, 3.8) is 0 Å². The number of alkyl halides is 5. The van der Waals surface area contributed by atoms with Gasteiger partial charge in [0, 0.05) is 5.56 Å². The highest BCUT2D eigenvalue weighted by Crippen LogP contribution is 2.44. The van der Waals surface area contributed by atoms with Crippen LogP contribution in [0.15, 0.2) is 48.0 Å². The van der Waals surface area contributed by atoms with Gasteiger partial charge in [-0.05, 0) is 35.1 Å². The number of hydrogen-bond donors (Lipinski definition) is 0. The number of allylic oxidation sites excluding steroid dienone is 1. The van der Waals surface area contributed by atoms with E-state index in [9.17, 15) is 22.0 Å². The molecule has 0 aliphatic heterocycles. The Labute approximate surface area is 136 Å². The number of halogens is 5. The quantitative estimate of drug-likeness (QED) is 0.572. The molecule has 5 heteroatoms. The molecular weight excluding hydrogens is 323 g/mol. The fourth-order valence-electron chi connectivity index (χ4n) is 2.94. The van der Waals surface area contributed by atoms with E-state index in [1.54, 1.807) is 0 Å². The Morgan fingerprint density at radius 2 is 1.58 bits per heavy atom. The molecule has 0 fully saturated rings. The van der Waals surface area contributed by atoms with E-state index < -0.39 is 17.7 Å². The highest BCUT2D eigenvalue weighted by molar-refractivity contribution is 5.80. The van der Waals surface area contributed by atoms with Crippen LogP contribution in [0.3, 0.4) is 0 Å². The van der Waals surface area contributed by atoms with Gasteiger partial charge in [-0.25, -0.2) is 0 Å². The molecule has 0 amide bonds. The van der Waals surface area contributed by atoms with E-state index in [-0.39, 0.29) is 0 Å². The minimum Gasteiger partial charge on any atom is -0.191 e. The summed E-state index contributed by atoms with van der Waals surface area (Å²) in [7, 11) is 0. The fraction of sp³-hybridized carbons (Fsp3) is 0.263. The second-order valence-electron chi connectivity index (χ2n) is 5.86. The molecule has 0 atom stereocenters. The van der Waals surface area contributed by atoms with Gasteiger partial charge in [0.1, 0.15) is 0 Å². The van der Waals surface area contributed by atoms with Gasteiger partial charge < -0.3 is 0 Å². The second-order valence-corrected chi connectivity index (χ2v) is 5.86. The predicted octanol–water partition coefficient (Wildman–Crippen LogP) is 6.36. The SMILES string of the molecule is CCC1=Cc2c(cccc2-c2ccc(C(F)(F)C(F)(F)F)cc2)C1. The average Bonchev–Trinajstić information content (AvgIpc) is 2.97. The first-order valence-corrected chi connectivity index (χ1v) is 7.61. The summed E-state index contributed by atoms with van der Waals surface area (Å²) in [6.45, 7) is 2.06. The zero-order valence-corrected chi connectivity index (χ0v) is 12.9. The zero-order valence-electron chi connectivity index (χ0n) is 12.9. The van der Waals surface area contributed by atoms with Crippen molar-refractivity contribution in [1.82, 2.24) is 0 Å². The van der Waals surface area contributed by atoms with Gasteiger partial charge in [-0.2, -0.15) is 22.0 Å².